The van der Waals surface area contributed by atoms with Crippen LogP contribution in [0.4, 0.5) is 0 Å². The van der Waals surface area contributed by atoms with Gasteiger partial charge >= 0.3 is 0 Å². The Morgan fingerprint density at radius 2 is 1.88 bits per heavy atom. The molecule has 0 amide bonds. The van der Waals surface area contributed by atoms with Crippen molar-refractivity contribution in [3.8, 4) is 11.3 Å². The summed E-state index contributed by atoms with van der Waals surface area (Å²) in [5, 5.41) is 0. The first-order valence-corrected chi connectivity index (χ1v) is 5.82. The van der Waals surface area contributed by atoms with E-state index in [2.05, 4.69) is 37.0 Å². The summed E-state index contributed by atoms with van der Waals surface area (Å²) in [6.07, 6.45) is 1.81. The Balaban J connectivity index is 2.46. The van der Waals surface area contributed by atoms with E-state index in [-0.39, 0.29) is 0 Å². The van der Waals surface area contributed by atoms with Crippen LogP contribution in [0.3, 0.4) is 0 Å². The second-order valence-corrected chi connectivity index (χ2v) is 4.25. The summed E-state index contributed by atoms with van der Waals surface area (Å²) in [5.74, 6) is 0.528. The number of aromatic nitrogens is 1. The number of rotatable bonds is 2. The molecule has 2 aromatic rings. The molecule has 0 saturated heterocycles. The predicted molar refractivity (Wildman–Crippen MR) is 68.7 cm³/mol. The van der Waals surface area contributed by atoms with Gasteiger partial charge in [0, 0.05) is 17.6 Å². The molecule has 0 fully saturated rings. The summed E-state index contributed by atoms with van der Waals surface area (Å²) in [5.41, 5.74) is 5.83. The van der Waals surface area contributed by atoms with E-state index in [1.54, 1.807) is 0 Å². The van der Waals surface area contributed by atoms with Crippen molar-refractivity contribution in [2.24, 2.45) is 0 Å². The molecule has 82 valence electrons. The van der Waals surface area contributed by atoms with Crippen LogP contribution in [0.2, 0.25) is 0 Å². The minimum Gasteiger partial charge on any atom is -0.256 e. The zero-order chi connectivity index (χ0) is 11.5. The van der Waals surface area contributed by atoms with Gasteiger partial charge in [0.05, 0.1) is 5.69 Å². The van der Waals surface area contributed by atoms with Crippen molar-refractivity contribution in [3.63, 3.8) is 0 Å². The molecule has 1 heterocycles. The van der Waals surface area contributed by atoms with Crippen molar-refractivity contribution in [2.75, 3.05) is 0 Å². The number of nitrogens with zero attached hydrogens (tertiary/aromatic N) is 1. The van der Waals surface area contributed by atoms with Crippen LogP contribution in [0.5, 0.6) is 0 Å². The van der Waals surface area contributed by atoms with Gasteiger partial charge in [-0.1, -0.05) is 12.1 Å². The first-order chi connectivity index (χ1) is 7.70. The zero-order valence-electron chi connectivity index (χ0n) is 9.50. The summed E-state index contributed by atoms with van der Waals surface area (Å²) >= 11 is 5.82. The van der Waals surface area contributed by atoms with E-state index in [0.717, 1.165) is 16.8 Å². The number of halogens is 1. The maximum Gasteiger partial charge on any atom is 0.0705 e. The van der Waals surface area contributed by atoms with E-state index < -0.39 is 0 Å². The highest BCUT2D eigenvalue weighted by Gasteiger charge is 2.02. The minimum absolute atomic E-state index is 0.528. The largest absolute Gasteiger partial charge is 0.256 e. The van der Waals surface area contributed by atoms with E-state index >= 15 is 0 Å². The summed E-state index contributed by atoms with van der Waals surface area (Å²) < 4.78 is 0. The fourth-order valence-electron chi connectivity index (χ4n) is 1.62. The fourth-order valence-corrected chi connectivity index (χ4v) is 1.78. The molecule has 2 heteroatoms. The number of benzene rings is 1. The second-order valence-electron chi connectivity index (χ2n) is 3.98. The van der Waals surface area contributed by atoms with E-state index in [1.807, 2.05) is 18.3 Å². The molecule has 0 atom stereocenters. The van der Waals surface area contributed by atoms with Gasteiger partial charge in [0.15, 0.2) is 0 Å². The first-order valence-electron chi connectivity index (χ1n) is 5.29. The maximum atomic E-state index is 5.82. The lowest BCUT2D eigenvalue weighted by atomic mass is 10.0. The van der Waals surface area contributed by atoms with Gasteiger partial charge in [0.25, 0.3) is 0 Å². The van der Waals surface area contributed by atoms with E-state index in [1.165, 1.54) is 11.1 Å². The van der Waals surface area contributed by atoms with Crippen molar-refractivity contribution in [3.05, 3.63) is 53.2 Å². The summed E-state index contributed by atoms with van der Waals surface area (Å²) in [7, 11) is 0. The zero-order valence-corrected chi connectivity index (χ0v) is 10.3. The lowest BCUT2D eigenvalue weighted by Gasteiger charge is -2.05. The van der Waals surface area contributed by atoms with Crippen molar-refractivity contribution >= 4 is 11.6 Å². The van der Waals surface area contributed by atoms with Crippen LogP contribution in [0.25, 0.3) is 11.3 Å². The van der Waals surface area contributed by atoms with Gasteiger partial charge in [-0.15, -0.1) is 11.6 Å². The van der Waals surface area contributed by atoms with Crippen LogP contribution in [0, 0.1) is 13.8 Å². The quantitative estimate of drug-likeness (QED) is 0.709. The highest BCUT2D eigenvalue weighted by molar-refractivity contribution is 6.17. The molecule has 0 aliphatic heterocycles. The molecule has 1 nitrogen and oxygen atoms in total. The van der Waals surface area contributed by atoms with Crippen LogP contribution < -0.4 is 0 Å². The van der Waals surface area contributed by atoms with E-state index in [4.69, 9.17) is 11.6 Å². The van der Waals surface area contributed by atoms with Crippen molar-refractivity contribution in [1.82, 2.24) is 4.98 Å². The van der Waals surface area contributed by atoms with Crippen molar-refractivity contribution in [2.45, 2.75) is 19.7 Å². The fraction of sp³-hybridized carbons (Fsp3) is 0.214. The highest BCUT2D eigenvalue weighted by Crippen LogP contribution is 2.21. The van der Waals surface area contributed by atoms with Crippen LogP contribution in [0.15, 0.2) is 36.5 Å². The summed E-state index contributed by atoms with van der Waals surface area (Å²) in [6.45, 7) is 4.23. The Morgan fingerprint density at radius 3 is 2.56 bits per heavy atom. The van der Waals surface area contributed by atoms with Crippen LogP contribution in [-0.2, 0) is 5.88 Å². The molecule has 2 rings (SSSR count). The molecule has 1 aromatic heterocycles. The normalized spacial score (nSPS) is 10.4. The Hall–Kier alpha value is -1.34. The molecule has 0 aliphatic carbocycles. The third-order valence-electron chi connectivity index (χ3n) is 2.78. The number of aryl methyl sites for hydroxylation is 2. The summed E-state index contributed by atoms with van der Waals surface area (Å²) in [6, 6.07) is 10.4. The van der Waals surface area contributed by atoms with Crippen LogP contribution in [-0.4, -0.2) is 4.98 Å². The summed E-state index contributed by atoms with van der Waals surface area (Å²) in [4.78, 5) is 4.37. The molecule has 0 unspecified atom stereocenters. The first kappa shape index (κ1) is 11.2. The Kier molecular flexibility index (Phi) is 3.25. The predicted octanol–water partition coefficient (Wildman–Crippen LogP) is 4.10. The lowest BCUT2D eigenvalue weighted by Crippen LogP contribution is -1.88. The van der Waals surface area contributed by atoms with Gasteiger partial charge in [-0.25, -0.2) is 0 Å². The van der Waals surface area contributed by atoms with E-state index in [9.17, 15) is 0 Å². The van der Waals surface area contributed by atoms with Gasteiger partial charge in [0.2, 0.25) is 0 Å². The average molecular weight is 232 g/mol. The molecule has 0 radical (unpaired) electrons. The molecule has 16 heavy (non-hydrogen) atoms. The van der Waals surface area contributed by atoms with Gasteiger partial charge in [-0.2, -0.15) is 0 Å². The Labute approximate surface area is 101 Å². The van der Waals surface area contributed by atoms with Gasteiger partial charge in [-0.3, -0.25) is 4.98 Å². The van der Waals surface area contributed by atoms with Crippen LogP contribution >= 0.6 is 11.6 Å². The van der Waals surface area contributed by atoms with Crippen molar-refractivity contribution in [1.29, 1.82) is 0 Å². The monoisotopic (exact) mass is 231 g/mol. The number of hydrogen-bond donors (Lipinski definition) is 0. The van der Waals surface area contributed by atoms with Crippen molar-refractivity contribution < 1.29 is 0 Å². The standard InChI is InChI=1S/C14H14ClN/c1-10-3-4-13(7-11(10)2)14-8-12(9-15)5-6-16-14/h3-8H,9H2,1-2H3. The molecule has 0 spiro atoms. The topological polar surface area (TPSA) is 12.9 Å². The van der Waals surface area contributed by atoms with Gasteiger partial charge in [-0.05, 0) is 48.7 Å². The number of alkyl halides is 1. The smallest absolute Gasteiger partial charge is 0.0705 e. The molecular weight excluding hydrogens is 218 g/mol. The lowest BCUT2D eigenvalue weighted by molar-refractivity contribution is 1.26. The van der Waals surface area contributed by atoms with Crippen LogP contribution in [0.1, 0.15) is 16.7 Å². The Bertz CT molecular complexity index is 506. The average Bonchev–Trinajstić information content (AvgIpc) is 2.33. The molecule has 1 aromatic carbocycles. The maximum absolute atomic E-state index is 5.82. The highest BCUT2D eigenvalue weighted by atomic mass is 35.5. The van der Waals surface area contributed by atoms with Gasteiger partial charge < -0.3 is 0 Å². The SMILES string of the molecule is Cc1ccc(-c2cc(CCl)ccn2)cc1C. The van der Waals surface area contributed by atoms with Gasteiger partial charge in [0.1, 0.15) is 0 Å². The van der Waals surface area contributed by atoms with E-state index in [0.29, 0.717) is 5.88 Å². The Morgan fingerprint density at radius 1 is 1.06 bits per heavy atom. The second kappa shape index (κ2) is 4.67. The number of pyridine rings is 1. The molecule has 0 N–H and O–H groups in total. The molecule has 0 aliphatic rings. The molecular formula is C14H14ClN. The third-order valence-corrected chi connectivity index (χ3v) is 3.09. The molecule has 0 bridgehead atoms. The molecule has 0 saturated carbocycles. The number of hydrogen-bond acceptors (Lipinski definition) is 1. The third kappa shape index (κ3) is 2.25. The minimum atomic E-state index is 0.528.